The van der Waals surface area contributed by atoms with Crippen LogP contribution in [0.15, 0.2) is 33.5 Å². The van der Waals surface area contributed by atoms with Crippen LogP contribution in [0.25, 0.3) is 11.1 Å². The summed E-state index contributed by atoms with van der Waals surface area (Å²) in [4.78, 5) is 37.5. The Bertz CT molecular complexity index is 858. The number of para-hydroxylation sites is 2. The normalized spacial score (nSPS) is 17.4. The van der Waals surface area contributed by atoms with E-state index in [1.165, 1.54) is 4.57 Å². The highest BCUT2D eigenvalue weighted by Crippen LogP contribution is 2.12. The van der Waals surface area contributed by atoms with Crippen LogP contribution in [-0.4, -0.2) is 67.3 Å². The molecule has 1 fully saturated rings. The number of oxazole rings is 1. The monoisotopic (exact) mass is 377 g/mol. The molecule has 9 heteroatoms. The molecule has 1 aromatic heterocycles. The van der Waals surface area contributed by atoms with Crippen LogP contribution in [0.3, 0.4) is 0 Å². The molecule has 1 N–H and O–H groups in total. The first-order chi connectivity index (χ1) is 13.1. The van der Waals surface area contributed by atoms with Crippen molar-refractivity contribution in [3.05, 3.63) is 34.8 Å². The molecule has 27 heavy (non-hydrogen) atoms. The maximum absolute atomic E-state index is 12.1. The Morgan fingerprint density at radius 2 is 2.11 bits per heavy atom. The lowest BCUT2D eigenvalue weighted by molar-refractivity contribution is -0.149. The van der Waals surface area contributed by atoms with Gasteiger partial charge in [-0.3, -0.25) is 14.2 Å². The zero-order valence-electron chi connectivity index (χ0n) is 15.2. The lowest BCUT2D eigenvalue weighted by Crippen LogP contribution is -2.51. The standard InChI is InChI=1S/C18H23N3O6/c1-25-9-8-20-11-13(26-12-17(20)23)10-19-16(22)6-7-21-14-4-2-3-5-15(14)27-18(21)24/h2-5,13H,6-12H2,1H3,(H,19,22). The van der Waals surface area contributed by atoms with Gasteiger partial charge < -0.3 is 24.1 Å². The predicted octanol–water partition coefficient (Wildman–Crippen LogP) is -0.0254. The molecule has 3 rings (SSSR count). The molecule has 1 aromatic carbocycles. The summed E-state index contributed by atoms with van der Waals surface area (Å²) < 4.78 is 17.0. The highest BCUT2D eigenvalue weighted by molar-refractivity contribution is 5.78. The van der Waals surface area contributed by atoms with E-state index in [0.717, 1.165) is 0 Å². The van der Waals surface area contributed by atoms with Gasteiger partial charge in [-0.1, -0.05) is 12.1 Å². The third-order valence-electron chi connectivity index (χ3n) is 4.45. The summed E-state index contributed by atoms with van der Waals surface area (Å²) in [6.07, 6.45) is -0.122. The fourth-order valence-corrected chi connectivity index (χ4v) is 2.98. The molecule has 0 bridgehead atoms. The molecule has 2 heterocycles. The minimum atomic E-state index is -0.480. The molecule has 2 amide bonds. The van der Waals surface area contributed by atoms with Crippen LogP contribution in [-0.2, 0) is 25.6 Å². The Balaban J connectivity index is 1.47. The van der Waals surface area contributed by atoms with Crippen LogP contribution in [0.2, 0.25) is 0 Å². The lowest BCUT2D eigenvalue weighted by atomic mass is 10.2. The van der Waals surface area contributed by atoms with Crippen molar-refractivity contribution in [1.29, 1.82) is 0 Å². The number of benzene rings is 1. The summed E-state index contributed by atoms with van der Waals surface area (Å²) in [5.41, 5.74) is 1.16. The highest BCUT2D eigenvalue weighted by Gasteiger charge is 2.26. The third kappa shape index (κ3) is 4.75. The van der Waals surface area contributed by atoms with Crippen LogP contribution in [0.5, 0.6) is 0 Å². The number of morpholine rings is 1. The number of aromatic nitrogens is 1. The van der Waals surface area contributed by atoms with E-state index in [4.69, 9.17) is 13.9 Å². The van der Waals surface area contributed by atoms with Gasteiger partial charge in [0.1, 0.15) is 6.61 Å². The number of ether oxygens (including phenoxy) is 2. The molecule has 9 nitrogen and oxygen atoms in total. The quantitative estimate of drug-likeness (QED) is 0.693. The number of carbonyl (C=O) groups excluding carboxylic acids is 2. The van der Waals surface area contributed by atoms with Crippen LogP contribution in [0.1, 0.15) is 6.42 Å². The fourth-order valence-electron chi connectivity index (χ4n) is 2.98. The number of nitrogens with zero attached hydrogens (tertiary/aromatic N) is 2. The van der Waals surface area contributed by atoms with E-state index in [9.17, 15) is 14.4 Å². The van der Waals surface area contributed by atoms with Gasteiger partial charge >= 0.3 is 5.76 Å². The molecule has 0 spiro atoms. The number of hydrogen-bond acceptors (Lipinski definition) is 6. The number of amides is 2. The molecule has 146 valence electrons. The highest BCUT2D eigenvalue weighted by atomic mass is 16.5. The van der Waals surface area contributed by atoms with Gasteiger partial charge in [0.05, 0.1) is 18.2 Å². The first-order valence-electron chi connectivity index (χ1n) is 8.82. The zero-order valence-corrected chi connectivity index (χ0v) is 15.2. The average molecular weight is 377 g/mol. The van der Waals surface area contributed by atoms with Crippen molar-refractivity contribution in [3.63, 3.8) is 0 Å². The first-order valence-corrected chi connectivity index (χ1v) is 8.82. The van der Waals surface area contributed by atoms with Crippen molar-refractivity contribution in [2.75, 3.05) is 40.0 Å². The van der Waals surface area contributed by atoms with Crippen molar-refractivity contribution in [2.45, 2.75) is 19.1 Å². The largest absolute Gasteiger partial charge is 0.419 e. The summed E-state index contributed by atoms with van der Waals surface area (Å²) in [7, 11) is 1.58. The average Bonchev–Trinajstić information content (AvgIpc) is 2.99. The number of fused-ring (bicyclic) bond motifs is 1. The minimum Gasteiger partial charge on any atom is -0.408 e. The summed E-state index contributed by atoms with van der Waals surface area (Å²) in [6, 6.07) is 7.09. The number of aryl methyl sites for hydroxylation is 1. The van der Waals surface area contributed by atoms with E-state index in [1.807, 2.05) is 6.07 Å². The van der Waals surface area contributed by atoms with Gasteiger partial charge in [0.25, 0.3) is 0 Å². The molecule has 1 aliphatic heterocycles. The van der Waals surface area contributed by atoms with Crippen molar-refractivity contribution in [2.24, 2.45) is 0 Å². The van der Waals surface area contributed by atoms with Gasteiger partial charge in [-0.2, -0.15) is 0 Å². The first kappa shape index (κ1) is 19.1. The second-order valence-corrected chi connectivity index (χ2v) is 6.31. The summed E-state index contributed by atoms with van der Waals surface area (Å²) >= 11 is 0. The maximum atomic E-state index is 12.1. The van der Waals surface area contributed by atoms with Crippen molar-refractivity contribution in [1.82, 2.24) is 14.8 Å². The van der Waals surface area contributed by atoms with Gasteiger partial charge in [0.15, 0.2) is 5.58 Å². The molecule has 1 atom stereocenters. The topological polar surface area (TPSA) is 103 Å². The van der Waals surface area contributed by atoms with Gasteiger partial charge in [0, 0.05) is 39.7 Å². The van der Waals surface area contributed by atoms with Gasteiger partial charge in [0.2, 0.25) is 11.8 Å². The molecule has 1 aliphatic rings. The van der Waals surface area contributed by atoms with Crippen LogP contribution in [0, 0.1) is 0 Å². The van der Waals surface area contributed by atoms with E-state index < -0.39 is 5.76 Å². The van der Waals surface area contributed by atoms with Crippen molar-refractivity contribution < 1.29 is 23.5 Å². The van der Waals surface area contributed by atoms with E-state index in [-0.39, 0.29) is 37.5 Å². The molecule has 1 saturated heterocycles. The zero-order chi connectivity index (χ0) is 19.2. The summed E-state index contributed by atoms with van der Waals surface area (Å²) in [5, 5.41) is 2.79. The van der Waals surface area contributed by atoms with Gasteiger partial charge in [-0.25, -0.2) is 4.79 Å². The second-order valence-electron chi connectivity index (χ2n) is 6.31. The Morgan fingerprint density at radius 1 is 1.30 bits per heavy atom. The molecule has 1 unspecified atom stereocenters. The minimum absolute atomic E-state index is 0.000649. The van der Waals surface area contributed by atoms with Gasteiger partial charge in [-0.15, -0.1) is 0 Å². The van der Waals surface area contributed by atoms with Crippen LogP contribution < -0.4 is 11.1 Å². The Labute approximate surface area is 155 Å². The predicted molar refractivity (Wildman–Crippen MR) is 96.3 cm³/mol. The Hall–Kier alpha value is -2.65. The molecular weight excluding hydrogens is 354 g/mol. The summed E-state index contributed by atoms with van der Waals surface area (Å²) in [6.45, 7) is 1.90. The molecule has 2 aromatic rings. The number of methoxy groups -OCH3 is 1. The molecule has 0 aliphatic carbocycles. The van der Waals surface area contributed by atoms with Crippen LogP contribution >= 0.6 is 0 Å². The number of rotatable bonds is 8. The maximum Gasteiger partial charge on any atom is 0.419 e. The van der Waals surface area contributed by atoms with E-state index in [2.05, 4.69) is 5.32 Å². The van der Waals surface area contributed by atoms with Crippen molar-refractivity contribution >= 4 is 22.9 Å². The number of carbonyl (C=O) groups is 2. The summed E-state index contributed by atoms with van der Waals surface area (Å²) in [5.74, 6) is -0.760. The molecule has 0 saturated carbocycles. The smallest absolute Gasteiger partial charge is 0.408 e. The third-order valence-corrected chi connectivity index (χ3v) is 4.45. The number of hydrogen-bond donors (Lipinski definition) is 1. The van der Waals surface area contributed by atoms with Gasteiger partial charge in [-0.05, 0) is 12.1 Å². The second kappa shape index (κ2) is 8.83. The van der Waals surface area contributed by atoms with Crippen LogP contribution in [0.4, 0.5) is 0 Å². The SMILES string of the molecule is COCCN1CC(CNC(=O)CCn2c(=O)oc3ccccc32)OCC1=O. The number of nitrogens with one attached hydrogen (secondary N) is 1. The van der Waals surface area contributed by atoms with Crippen molar-refractivity contribution in [3.8, 4) is 0 Å². The molecule has 0 radical (unpaired) electrons. The lowest BCUT2D eigenvalue weighted by Gasteiger charge is -2.32. The van der Waals surface area contributed by atoms with E-state index in [0.29, 0.717) is 37.3 Å². The molecular formula is C18H23N3O6. The fraction of sp³-hybridized carbons (Fsp3) is 0.500. The Kier molecular flexibility index (Phi) is 6.25. The van der Waals surface area contributed by atoms with E-state index in [1.54, 1.807) is 30.2 Å². The Morgan fingerprint density at radius 3 is 2.93 bits per heavy atom. The van der Waals surface area contributed by atoms with E-state index >= 15 is 0 Å².